The van der Waals surface area contributed by atoms with E-state index in [-0.39, 0.29) is 34.9 Å². The first-order chi connectivity index (χ1) is 13.7. The van der Waals surface area contributed by atoms with Gasteiger partial charge in [0.05, 0.1) is 13.0 Å². The maximum absolute atomic E-state index is 12.8. The Morgan fingerprint density at radius 3 is 2.69 bits per heavy atom. The Hall–Kier alpha value is -2.17. The van der Waals surface area contributed by atoms with E-state index in [0.717, 1.165) is 31.3 Å². The second kappa shape index (κ2) is 6.96. The van der Waals surface area contributed by atoms with Gasteiger partial charge in [0.1, 0.15) is 5.78 Å². The highest BCUT2D eigenvalue weighted by Crippen LogP contribution is 2.61. The van der Waals surface area contributed by atoms with Crippen LogP contribution in [0, 0.1) is 22.7 Å². The summed E-state index contributed by atoms with van der Waals surface area (Å²) in [6, 6.07) is 0. The third kappa shape index (κ3) is 3.10. The number of carboxylic acids is 1. The van der Waals surface area contributed by atoms with Gasteiger partial charge in [-0.1, -0.05) is 48.3 Å². The van der Waals surface area contributed by atoms with Gasteiger partial charge < -0.3 is 9.84 Å². The Labute approximate surface area is 171 Å². The Bertz CT molecular complexity index is 876. The molecule has 29 heavy (non-hydrogen) atoms. The third-order valence-corrected chi connectivity index (χ3v) is 8.04. The highest BCUT2D eigenvalue weighted by molar-refractivity contribution is 5.85. The summed E-state index contributed by atoms with van der Waals surface area (Å²) in [5.41, 5.74) is 4.71. The molecule has 5 heteroatoms. The number of esters is 1. The minimum absolute atomic E-state index is 0.0141. The van der Waals surface area contributed by atoms with Crippen molar-refractivity contribution >= 4 is 17.7 Å². The first kappa shape index (κ1) is 20.1. The van der Waals surface area contributed by atoms with Crippen molar-refractivity contribution in [1.82, 2.24) is 0 Å². The lowest BCUT2D eigenvalue weighted by molar-refractivity contribution is -0.145. The Morgan fingerprint density at radius 1 is 1.24 bits per heavy atom. The van der Waals surface area contributed by atoms with Crippen molar-refractivity contribution < 1.29 is 24.2 Å². The molecule has 0 spiro atoms. The number of carboxylic acid groups (broad SMARTS) is 1. The molecule has 1 N–H and O–H groups in total. The van der Waals surface area contributed by atoms with E-state index in [1.807, 2.05) is 6.08 Å². The topological polar surface area (TPSA) is 80.7 Å². The molecular weight excluding hydrogens is 368 g/mol. The maximum Gasteiger partial charge on any atom is 0.313 e. The molecule has 4 rings (SSSR count). The van der Waals surface area contributed by atoms with Crippen molar-refractivity contribution in [2.75, 3.05) is 7.11 Å². The molecule has 1 saturated carbocycles. The fourth-order valence-electron chi connectivity index (χ4n) is 6.26. The van der Waals surface area contributed by atoms with Crippen LogP contribution in [-0.4, -0.2) is 29.9 Å². The number of allylic oxidation sites excluding steroid dienone is 5. The van der Waals surface area contributed by atoms with Gasteiger partial charge in [0.25, 0.3) is 0 Å². The molecular formula is C24H30O5. The molecule has 0 aromatic heterocycles. The van der Waals surface area contributed by atoms with Gasteiger partial charge in [-0.05, 0) is 37.5 Å². The summed E-state index contributed by atoms with van der Waals surface area (Å²) < 4.78 is 5.16. The van der Waals surface area contributed by atoms with Crippen LogP contribution in [0.15, 0.2) is 34.4 Å². The summed E-state index contributed by atoms with van der Waals surface area (Å²) in [4.78, 5) is 36.1. The number of hydrogen-bond acceptors (Lipinski definition) is 4. The molecule has 0 amide bonds. The number of ketones is 1. The van der Waals surface area contributed by atoms with Crippen LogP contribution in [0.3, 0.4) is 0 Å². The number of carbonyl (C=O) groups is 3. The fourth-order valence-corrected chi connectivity index (χ4v) is 6.26. The normalized spacial score (nSPS) is 35.9. The van der Waals surface area contributed by atoms with Crippen LogP contribution >= 0.6 is 0 Å². The summed E-state index contributed by atoms with van der Waals surface area (Å²) in [6.07, 6.45) is 9.57. The summed E-state index contributed by atoms with van der Waals surface area (Å²) in [5.74, 6) is -1.17. The van der Waals surface area contributed by atoms with E-state index >= 15 is 0 Å². The van der Waals surface area contributed by atoms with Gasteiger partial charge in [-0.15, -0.1) is 0 Å². The van der Waals surface area contributed by atoms with Gasteiger partial charge in [-0.25, -0.2) is 0 Å². The molecule has 156 valence electrons. The average Bonchev–Trinajstić information content (AvgIpc) is 3.03. The molecule has 0 aromatic rings. The number of methoxy groups -OCH3 is 1. The number of aliphatic carboxylic acids is 1. The Balaban J connectivity index is 1.78. The predicted molar refractivity (Wildman–Crippen MR) is 108 cm³/mol. The zero-order chi connectivity index (χ0) is 21.0. The molecule has 0 bridgehead atoms. The van der Waals surface area contributed by atoms with E-state index in [0.29, 0.717) is 19.3 Å². The molecule has 0 aliphatic heterocycles. The quantitative estimate of drug-likeness (QED) is 0.561. The van der Waals surface area contributed by atoms with Crippen molar-refractivity contribution in [1.29, 1.82) is 0 Å². The number of ether oxygens (including phenoxy) is 1. The van der Waals surface area contributed by atoms with Gasteiger partial charge in [-0.2, -0.15) is 0 Å². The summed E-state index contributed by atoms with van der Waals surface area (Å²) >= 11 is 0. The number of hydrogen-bond donors (Lipinski definition) is 1. The van der Waals surface area contributed by atoms with Gasteiger partial charge in [-0.3, -0.25) is 14.4 Å². The van der Waals surface area contributed by atoms with Crippen molar-refractivity contribution in [3.63, 3.8) is 0 Å². The van der Waals surface area contributed by atoms with Crippen LogP contribution in [0.5, 0.6) is 0 Å². The first-order valence-corrected chi connectivity index (χ1v) is 10.6. The van der Waals surface area contributed by atoms with E-state index in [9.17, 15) is 19.5 Å². The lowest BCUT2D eigenvalue weighted by Crippen LogP contribution is -2.42. The van der Waals surface area contributed by atoms with E-state index < -0.39 is 11.9 Å². The number of fused-ring (bicyclic) bond motifs is 4. The van der Waals surface area contributed by atoms with Crippen LogP contribution in [0.2, 0.25) is 0 Å². The van der Waals surface area contributed by atoms with E-state index in [1.165, 1.54) is 23.8 Å². The smallest absolute Gasteiger partial charge is 0.313 e. The van der Waals surface area contributed by atoms with Gasteiger partial charge in [0.15, 0.2) is 0 Å². The molecule has 0 radical (unpaired) electrons. The summed E-state index contributed by atoms with van der Waals surface area (Å²) in [5, 5.41) is 9.18. The third-order valence-electron chi connectivity index (χ3n) is 8.04. The molecule has 1 fully saturated rings. The van der Waals surface area contributed by atoms with Crippen LogP contribution in [0.1, 0.15) is 65.2 Å². The SMILES string of the molecule is COC(=O)[C@@H]1C=C2CC(=O)CC[C@]2(C)C2=CCC3=C(CC[C@@]3(C)CCC(=O)O)C21. The molecule has 0 saturated heterocycles. The Morgan fingerprint density at radius 2 is 2.00 bits per heavy atom. The molecule has 5 nitrogen and oxygen atoms in total. The molecule has 4 aliphatic rings. The predicted octanol–water partition coefficient (Wildman–Crippen LogP) is 4.38. The number of rotatable bonds is 4. The number of carbonyl (C=O) groups excluding carboxylic acids is 2. The summed E-state index contributed by atoms with van der Waals surface area (Å²) in [7, 11) is 1.42. The van der Waals surface area contributed by atoms with E-state index in [4.69, 9.17) is 4.74 Å². The standard InChI is InChI=1S/C24H30O5/c1-23(10-8-20(26)27)9-7-16-18(23)4-5-19-21(16)17(22(28)29-3)13-14-12-15(25)6-11-24(14,19)2/h5,13,17,21H,4,6-12H2,1-3H3,(H,26,27)/t17-,21?,23+,24+/m1/s1. The minimum atomic E-state index is -0.760. The van der Waals surface area contributed by atoms with Crippen molar-refractivity contribution in [3.8, 4) is 0 Å². The van der Waals surface area contributed by atoms with Gasteiger partial charge in [0, 0.05) is 30.6 Å². The highest BCUT2D eigenvalue weighted by atomic mass is 16.5. The van der Waals surface area contributed by atoms with Crippen LogP contribution in [0.4, 0.5) is 0 Å². The maximum atomic E-state index is 12.8. The van der Waals surface area contributed by atoms with Gasteiger partial charge >= 0.3 is 11.9 Å². The lowest BCUT2D eigenvalue weighted by Gasteiger charge is -2.49. The zero-order valence-electron chi connectivity index (χ0n) is 17.5. The highest BCUT2D eigenvalue weighted by Gasteiger charge is 2.52. The minimum Gasteiger partial charge on any atom is -0.481 e. The largest absolute Gasteiger partial charge is 0.481 e. The van der Waals surface area contributed by atoms with E-state index in [1.54, 1.807) is 0 Å². The monoisotopic (exact) mass is 398 g/mol. The molecule has 1 unspecified atom stereocenters. The van der Waals surface area contributed by atoms with Crippen molar-refractivity contribution in [3.05, 3.63) is 34.4 Å². The second-order valence-corrected chi connectivity index (χ2v) is 9.59. The Kier molecular flexibility index (Phi) is 4.83. The van der Waals surface area contributed by atoms with Crippen LogP contribution < -0.4 is 0 Å². The lowest BCUT2D eigenvalue weighted by atomic mass is 9.54. The molecule has 0 aromatic carbocycles. The van der Waals surface area contributed by atoms with Gasteiger partial charge in [0.2, 0.25) is 0 Å². The summed E-state index contributed by atoms with van der Waals surface area (Å²) in [6.45, 7) is 4.40. The fraction of sp³-hybridized carbons (Fsp3) is 0.625. The van der Waals surface area contributed by atoms with Crippen molar-refractivity contribution in [2.45, 2.75) is 65.2 Å². The molecule has 4 aliphatic carbocycles. The second-order valence-electron chi connectivity index (χ2n) is 9.59. The molecule has 4 atom stereocenters. The van der Waals surface area contributed by atoms with Crippen LogP contribution in [0.25, 0.3) is 0 Å². The number of Topliss-reactive ketones (excluding diaryl/α,β-unsaturated/α-hetero) is 1. The van der Waals surface area contributed by atoms with Crippen molar-refractivity contribution in [2.24, 2.45) is 22.7 Å². The van der Waals surface area contributed by atoms with E-state index in [2.05, 4.69) is 19.9 Å². The zero-order valence-corrected chi connectivity index (χ0v) is 17.5. The van der Waals surface area contributed by atoms with Crippen LogP contribution in [-0.2, 0) is 19.1 Å². The average molecular weight is 398 g/mol. The molecule has 0 heterocycles. The first-order valence-electron chi connectivity index (χ1n) is 10.6.